The number of esters is 1. The van der Waals surface area contributed by atoms with Crippen LogP contribution in [-0.4, -0.2) is 28.6 Å². The van der Waals surface area contributed by atoms with E-state index in [4.69, 9.17) is 16.3 Å². The topological polar surface area (TPSA) is 58.2 Å². The van der Waals surface area contributed by atoms with E-state index in [1.165, 1.54) is 0 Å². The second-order valence-corrected chi connectivity index (χ2v) is 7.00. The van der Waals surface area contributed by atoms with E-state index in [1.54, 1.807) is 18.3 Å². The van der Waals surface area contributed by atoms with Crippen LogP contribution in [0.4, 0.5) is 5.82 Å². The van der Waals surface area contributed by atoms with Crippen LogP contribution in [0.1, 0.15) is 12.8 Å². The molecule has 1 saturated carbocycles. The first kappa shape index (κ1) is 15.5. The molecule has 0 unspecified atom stereocenters. The molecule has 2 aromatic heterocycles. The molecule has 1 aliphatic heterocycles. The number of cyclic esters (lactones) is 1. The molecule has 0 amide bonds. The molecular weight excluding hydrogens is 350 g/mol. The van der Waals surface area contributed by atoms with Crippen molar-refractivity contribution in [1.82, 2.24) is 9.97 Å². The van der Waals surface area contributed by atoms with Crippen LogP contribution in [0.5, 0.6) is 0 Å². The lowest BCUT2D eigenvalue weighted by Crippen LogP contribution is -2.26. The van der Waals surface area contributed by atoms with Crippen LogP contribution in [0.15, 0.2) is 54.4 Å². The Morgan fingerprint density at radius 1 is 1.19 bits per heavy atom. The summed E-state index contributed by atoms with van der Waals surface area (Å²) in [7, 11) is 0. The molecular formula is C20H16ClN3O2. The van der Waals surface area contributed by atoms with Crippen LogP contribution >= 0.6 is 11.6 Å². The number of fused-ring (bicyclic) bond motifs is 1. The average molecular weight is 366 g/mol. The summed E-state index contributed by atoms with van der Waals surface area (Å²) >= 11 is 5.98. The normalized spacial score (nSPS) is 16.7. The summed E-state index contributed by atoms with van der Waals surface area (Å²) in [5.74, 6) is 0.693. The Balaban J connectivity index is 1.74. The number of ether oxygens (including phenoxy) is 1. The number of pyridine rings is 1. The number of nitrogens with one attached hydrogen (secondary N) is 1. The highest BCUT2D eigenvalue weighted by molar-refractivity contribution is 6.29. The first-order valence-electron chi connectivity index (χ1n) is 8.60. The van der Waals surface area contributed by atoms with Gasteiger partial charge in [-0.1, -0.05) is 29.8 Å². The molecule has 5 rings (SSSR count). The van der Waals surface area contributed by atoms with Gasteiger partial charge in [0.25, 0.3) is 0 Å². The molecule has 5 nitrogen and oxygen atoms in total. The minimum Gasteiger partial charge on any atom is -0.456 e. The molecule has 0 spiro atoms. The Labute approximate surface area is 155 Å². The molecule has 2 aliphatic rings. The number of hydrogen-bond acceptors (Lipinski definition) is 4. The second kappa shape index (κ2) is 5.88. The van der Waals surface area contributed by atoms with Crippen LogP contribution in [-0.2, 0) is 9.53 Å². The number of hydrogen-bond donors (Lipinski definition) is 1. The van der Waals surface area contributed by atoms with Crippen LogP contribution in [0.2, 0.25) is 5.15 Å². The fraction of sp³-hybridized carbons (Fsp3) is 0.200. The average Bonchev–Trinajstić information content (AvgIpc) is 3.27. The number of benzene rings is 1. The predicted molar refractivity (Wildman–Crippen MR) is 101 cm³/mol. The lowest BCUT2D eigenvalue weighted by Gasteiger charge is -2.25. The quantitative estimate of drug-likeness (QED) is 0.553. The molecule has 1 fully saturated rings. The van der Waals surface area contributed by atoms with Crippen LogP contribution in [0.25, 0.3) is 22.0 Å². The van der Waals surface area contributed by atoms with E-state index in [9.17, 15) is 4.79 Å². The van der Waals surface area contributed by atoms with E-state index in [2.05, 4.69) is 27.0 Å². The van der Waals surface area contributed by atoms with E-state index >= 15 is 0 Å². The molecule has 130 valence electrons. The van der Waals surface area contributed by atoms with Gasteiger partial charge in [0.15, 0.2) is 0 Å². The summed E-state index contributed by atoms with van der Waals surface area (Å²) in [5, 5.41) is 1.58. The molecule has 1 N–H and O–H groups in total. The molecule has 3 heterocycles. The molecule has 6 heteroatoms. The highest BCUT2D eigenvalue weighted by Crippen LogP contribution is 2.44. The zero-order valence-corrected chi connectivity index (χ0v) is 14.7. The third kappa shape index (κ3) is 2.56. The van der Waals surface area contributed by atoms with Crippen LogP contribution < -0.4 is 4.90 Å². The van der Waals surface area contributed by atoms with Crippen molar-refractivity contribution in [3.05, 3.63) is 59.5 Å². The number of anilines is 1. The standard InChI is InChI=1S/C20H16ClN3O2/c21-17-8-5-12(10-22-17)19-15-3-1-2-4-16(15)23-20(19)24(13-6-7-13)14-9-18(25)26-11-14/h1-5,8-10,13,23H,6-7,11H2. The van der Waals surface area contributed by atoms with Gasteiger partial charge in [0.1, 0.15) is 17.6 Å². The molecule has 3 aromatic rings. The number of aromatic nitrogens is 2. The zero-order valence-electron chi connectivity index (χ0n) is 13.9. The van der Waals surface area contributed by atoms with E-state index < -0.39 is 0 Å². The van der Waals surface area contributed by atoms with E-state index in [-0.39, 0.29) is 5.97 Å². The van der Waals surface area contributed by atoms with Gasteiger partial charge < -0.3 is 14.6 Å². The Morgan fingerprint density at radius 3 is 2.73 bits per heavy atom. The van der Waals surface area contributed by atoms with E-state index in [0.29, 0.717) is 17.8 Å². The van der Waals surface area contributed by atoms with Crippen LogP contribution in [0.3, 0.4) is 0 Å². The summed E-state index contributed by atoms with van der Waals surface area (Å²) in [4.78, 5) is 21.7. The van der Waals surface area contributed by atoms with Crippen molar-refractivity contribution < 1.29 is 9.53 Å². The zero-order chi connectivity index (χ0) is 17.7. The first-order valence-corrected chi connectivity index (χ1v) is 8.98. The number of para-hydroxylation sites is 1. The predicted octanol–water partition coefficient (Wildman–Crippen LogP) is 4.29. The van der Waals surface area contributed by atoms with Gasteiger partial charge in [0.2, 0.25) is 0 Å². The number of halogens is 1. The third-order valence-corrected chi connectivity index (χ3v) is 5.04. The van der Waals surface area contributed by atoms with Gasteiger partial charge in [-0.2, -0.15) is 0 Å². The number of H-pyrrole nitrogens is 1. The fourth-order valence-corrected chi connectivity index (χ4v) is 3.63. The summed E-state index contributed by atoms with van der Waals surface area (Å²) in [6.07, 6.45) is 5.57. The molecule has 0 atom stereocenters. The van der Waals surface area contributed by atoms with Crippen molar-refractivity contribution in [3.63, 3.8) is 0 Å². The van der Waals surface area contributed by atoms with Crippen molar-refractivity contribution in [2.45, 2.75) is 18.9 Å². The molecule has 1 aliphatic carbocycles. The number of rotatable bonds is 4. The van der Waals surface area contributed by atoms with Gasteiger partial charge >= 0.3 is 5.97 Å². The maximum Gasteiger partial charge on any atom is 0.333 e. The largest absolute Gasteiger partial charge is 0.456 e. The SMILES string of the molecule is O=C1C=C(N(c2[nH]c3ccccc3c2-c2ccc(Cl)nc2)C2CC2)CO1. The highest BCUT2D eigenvalue weighted by atomic mass is 35.5. The van der Waals surface area contributed by atoms with Crippen molar-refractivity contribution in [2.24, 2.45) is 0 Å². The number of carbonyl (C=O) groups is 1. The Hall–Kier alpha value is -2.79. The molecule has 0 saturated heterocycles. The van der Waals surface area contributed by atoms with Crippen molar-refractivity contribution in [2.75, 3.05) is 11.5 Å². The Morgan fingerprint density at radius 2 is 2.04 bits per heavy atom. The summed E-state index contributed by atoms with van der Waals surface area (Å²) in [5.41, 5.74) is 3.99. The molecule has 1 aromatic carbocycles. The summed E-state index contributed by atoms with van der Waals surface area (Å²) in [6.45, 7) is 0.309. The maximum absolute atomic E-state index is 11.6. The van der Waals surface area contributed by atoms with Crippen molar-refractivity contribution in [1.29, 1.82) is 0 Å². The number of aromatic amines is 1. The lowest BCUT2D eigenvalue weighted by molar-refractivity contribution is -0.134. The number of carbonyl (C=O) groups excluding carboxylic acids is 1. The molecule has 0 bridgehead atoms. The summed E-state index contributed by atoms with van der Waals surface area (Å²) < 4.78 is 5.16. The minimum absolute atomic E-state index is 0.281. The van der Waals surface area contributed by atoms with Gasteiger partial charge in [-0.3, -0.25) is 0 Å². The van der Waals surface area contributed by atoms with Gasteiger partial charge in [-0.15, -0.1) is 0 Å². The third-order valence-electron chi connectivity index (χ3n) is 4.81. The van der Waals surface area contributed by atoms with E-state index in [1.807, 2.05) is 18.2 Å². The number of nitrogens with zero attached hydrogens (tertiary/aromatic N) is 2. The highest BCUT2D eigenvalue weighted by Gasteiger charge is 2.36. The molecule has 0 radical (unpaired) electrons. The van der Waals surface area contributed by atoms with Gasteiger partial charge in [-0.05, 0) is 31.0 Å². The minimum atomic E-state index is -0.281. The smallest absolute Gasteiger partial charge is 0.333 e. The fourth-order valence-electron chi connectivity index (χ4n) is 3.52. The second-order valence-electron chi connectivity index (χ2n) is 6.61. The maximum atomic E-state index is 11.6. The van der Waals surface area contributed by atoms with Crippen molar-refractivity contribution >= 4 is 34.3 Å². The Bertz CT molecular complexity index is 1030. The summed E-state index contributed by atoms with van der Waals surface area (Å²) in [6, 6.07) is 12.3. The van der Waals surface area contributed by atoms with Gasteiger partial charge in [-0.25, -0.2) is 9.78 Å². The Kier molecular flexibility index (Phi) is 3.50. The van der Waals surface area contributed by atoms with Crippen molar-refractivity contribution in [3.8, 4) is 11.1 Å². The monoisotopic (exact) mass is 365 g/mol. The lowest BCUT2D eigenvalue weighted by atomic mass is 10.0. The van der Waals surface area contributed by atoms with Crippen LogP contribution in [0, 0.1) is 0 Å². The van der Waals surface area contributed by atoms with Gasteiger partial charge in [0.05, 0.1) is 5.70 Å². The van der Waals surface area contributed by atoms with E-state index in [0.717, 1.165) is 46.4 Å². The molecule has 26 heavy (non-hydrogen) atoms. The first-order chi connectivity index (χ1) is 12.7. The van der Waals surface area contributed by atoms with Gasteiger partial charge in [0, 0.05) is 40.3 Å².